The van der Waals surface area contributed by atoms with Crippen LogP contribution in [0.15, 0.2) is 11.6 Å². The number of allylic oxidation sites excluding steroid dienone is 1. The van der Waals surface area contributed by atoms with Crippen molar-refractivity contribution in [3.8, 4) is 0 Å². The molecule has 0 aromatic carbocycles. The smallest absolute Gasteiger partial charge is 0.407 e. The van der Waals surface area contributed by atoms with Gasteiger partial charge in [-0.1, -0.05) is 110 Å². The first-order chi connectivity index (χ1) is 21.5. The molecule has 45 heavy (non-hydrogen) atoms. The predicted octanol–water partition coefficient (Wildman–Crippen LogP) is 11.1. The highest BCUT2D eigenvalue weighted by atomic mass is 16.6. The van der Waals surface area contributed by atoms with Crippen LogP contribution in [0.5, 0.6) is 0 Å². The fourth-order valence-electron chi connectivity index (χ4n) is 10.8. The lowest BCUT2D eigenvalue weighted by atomic mass is 9.47. The van der Waals surface area contributed by atoms with Gasteiger partial charge >= 0.3 is 12.1 Å². The van der Waals surface area contributed by atoms with Gasteiger partial charge in [-0.05, 0) is 104 Å². The Morgan fingerprint density at radius 2 is 1.56 bits per heavy atom. The van der Waals surface area contributed by atoms with E-state index >= 15 is 0 Å². The predicted molar refractivity (Wildman–Crippen MR) is 185 cm³/mol. The summed E-state index contributed by atoms with van der Waals surface area (Å²) in [7, 11) is 0. The van der Waals surface area contributed by atoms with Gasteiger partial charge in [-0.3, -0.25) is 4.79 Å². The van der Waals surface area contributed by atoms with Crippen molar-refractivity contribution in [2.75, 3.05) is 6.54 Å². The summed E-state index contributed by atoms with van der Waals surface area (Å²) in [6, 6.07) is 0. The highest BCUT2D eigenvalue weighted by Crippen LogP contribution is 2.67. The normalized spacial score (nSPS) is 33.1. The first kappa shape index (κ1) is 36.3. The molecule has 4 aliphatic carbocycles. The third-order valence-electron chi connectivity index (χ3n) is 13.4. The van der Waals surface area contributed by atoms with Crippen LogP contribution in [0.1, 0.15) is 169 Å². The first-order valence-corrected chi connectivity index (χ1v) is 19.4. The number of ether oxygens (including phenoxy) is 1. The largest absolute Gasteiger partial charge is 0.481 e. The summed E-state index contributed by atoms with van der Waals surface area (Å²) in [6.45, 7) is 13.2. The number of carboxylic acid groups (broad SMARTS) is 1. The van der Waals surface area contributed by atoms with Gasteiger partial charge in [-0.25, -0.2) is 4.79 Å². The van der Waals surface area contributed by atoms with Crippen molar-refractivity contribution < 1.29 is 19.4 Å². The molecule has 0 heterocycles. The molecule has 0 aliphatic heterocycles. The van der Waals surface area contributed by atoms with Crippen molar-refractivity contribution >= 4 is 12.1 Å². The van der Waals surface area contributed by atoms with Crippen molar-refractivity contribution in [3.05, 3.63) is 11.6 Å². The summed E-state index contributed by atoms with van der Waals surface area (Å²) in [5.41, 5.74) is 2.41. The standard InChI is InChI=1S/C40H69NO4/c1-29(2)16-15-17-30(3)34-21-22-35-33-20-19-31-28-32(23-25-39(31,4)36(33)24-26-40(34,35)5)45-38(44)41-27-14-12-10-8-6-7-9-11-13-18-37(42)43/h19,29-30,32-36H,6-18,20-28H2,1-5H3,(H,41,44)(H,42,43)/t30-,32+,33+,34?,35?,36?,39+,40-/m1/s1. The second kappa shape index (κ2) is 17.0. The van der Waals surface area contributed by atoms with E-state index in [0.29, 0.717) is 23.8 Å². The van der Waals surface area contributed by atoms with E-state index in [9.17, 15) is 9.59 Å². The van der Waals surface area contributed by atoms with Gasteiger partial charge in [0.15, 0.2) is 0 Å². The van der Waals surface area contributed by atoms with Gasteiger partial charge in [-0.15, -0.1) is 0 Å². The Bertz CT molecular complexity index is 975. The zero-order chi connectivity index (χ0) is 32.5. The lowest BCUT2D eigenvalue weighted by molar-refractivity contribution is -0.137. The summed E-state index contributed by atoms with van der Waals surface area (Å²) in [6.07, 6.45) is 26.8. The fraction of sp³-hybridized carbons (Fsp3) is 0.900. The Morgan fingerprint density at radius 3 is 2.24 bits per heavy atom. The lowest BCUT2D eigenvalue weighted by Gasteiger charge is -2.58. The maximum absolute atomic E-state index is 12.6. The Morgan fingerprint density at radius 1 is 0.867 bits per heavy atom. The molecule has 1 amide bonds. The van der Waals surface area contributed by atoms with Crippen LogP contribution in [0.3, 0.4) is 0 Å². The summed E-state index contributed by atoms with van der Waals surface area (Å²) in [5, 5.41) is 11.7. The molecule has 0 spiro atoms. The molecule has 5 nitrogen and oxygen atoms in total. The second-order valence-corrected chi connectivity index (χ2v) is 16.8. The molecule has 5 heteroatoms. The molecule has 0 saturated heterocycles. The van der Waals surface area contributed by atoms with Crippen molar-refractivity contribution in [1.82, 2.24) is 5.32 Å². The zero-order valence-corrected chi connectivity index (χ0v) is 29.8. The minimum absolute atomic E-state index is 0.0211. The van der Waals surface area contributed by atoms with E-state index < -0.39 is 5.97 Å². The van der Waals surface area contributed by atoms with E-state index in [-0.39, 0.29) is 12.2 Å². The number of carbonyl (C=O) groups is 2. The maximum Gasteiger partial charge on any atom is 0.407 e. The van der Waals surface area contributed by atoms with Crippen LogP contribution in [0, 0.1) is 46.3 Å². The summed E-state index contributed by atoms with van der Waals surface area (Å²) < 4.78 is 5.97. The van der Waals surface area contributed by atoms with Crippen LogP contribution in [0.25, 0.3) is 0 Å². The van der Waals surface area contributed by atoms with Crippen LogP contribution in [-0.4, -0.2) is 29.8 Å². The molecule has 0 aromatic rings. The number of unbranched alkanes of at least 4 members (excludes halogenated alkanes) is 8. The minimum atomic E-state index is -0.685. The maximum atomic E-state index is 12.6. The third-order valence-corrected chi connectivity index (χ3v) is 13.4. The monoisotopic (exact) mass is 628 g/mol. The van der Waals surface area contributed by atoms with Gasteiger partial charge < -0.3 is 15.2 Å². The molecule has 4 rings (SSSR count). The van der Waals surface area contributed by atoms with Crippen molar-refractivity contribution in [2.24, 2.45) is 46.3 Å². The van der Waals surface area contributed by atoms with E-state index in [1.165, 1.54) is 77.0 Å². The number of carboxylic acids is 1. The second-order valence-electron chi connectivity index (χ2n) is 16.8. The molecule has 0 aromatic heterocycles. The number of hydrogen-bond acceptors (Lipinski definition) is 3. The number of nitrogens with one attached hydrogen (secondary N) is 1. The molecule has 3 unspecified atom stereocenters. The average Bonchev–Trinajstić information content (AvgIpc) is 3.35. The van der Waals surface area contributed by atoms with Gasteiger partial charge in [0.25, 0.3) is 0 Å². The molecular formula is C40H69NO4. The summed E-state index contributed by atoms with van der Waals surface area (Å²) in [5.74, 6) is 4.44. The number of hydrogen-bond donors (Lipinski definition) is 2. The van der Waals surface area contributed by atoms with E-state index in [0.717, 1.165) is 86.9 Å². The molecule has 258 valence electrons. The van der Waals surface area contributed by atoms with E-state index in [2.05, 4.69) is 46.0 Å². The number of aliphatic carboxylic acids is 1. The SMILES string of the molecule is CC(C)CCC[C@@H](C)C1CCC2[C@@H]3CC=C4C[C@@H](OC(=O)NCCCCCCCCCCCC(=O)O)CC[C@]4(C)C3CC[C@@]21C. The third kappa shape index (κ3) is 9.53. The van der Waals surface area contributed by atoms with Gasteiger partial charge in [0.2, 0.25) is 0 Å². The van der Waals surface area contributed by atoms with Crippen LogP contribution in [0.4, 0.5) is 4.79 Å². The van der Waals surface area contributed by atoms with E-state index in [1.54, 1.807) is 5.57 Å². The highest BCUT2D eigenvalue weighted by molar-refractivity contribution is 5.67. The molecule has 2 N–H and O–H groups in total. The van der Waals surface area contributed by atoms with Crippen LogP contribution < -0.4 is 5.32 Å². The molecule has 4 aliphatic rings. The van der Waals surface area contributed by atoms with E-state index in [4.69, 9.17) is 9.84 Å². The number of carbonyl (C=O) groups excluding carboxylic acids is 1. The zero-order valence-electron chi connectivity index (χ0n) is 29.8. The number of fused-ring (bicyclic) bond motifs is 5. The molecule has 3 fully saturated rings. The topological polar surface area (TPSA) is 75.6 Å². The quantitative estimate of drug-likeness (QED) is 0.117. The Balaban J connectivity index is 1.15. The molecule has 3 saturated carbocycles. The molecular weight excluding hydrogens is 558 g/mol. The van der Waals surface area contributed by atoms with Gasteiger partial charge in [0, 0.05) is 19.4 Å². The summed E-state index contributed by atoms with van der Waals surface area (Å²) >= 11 is 0. The number of rotatable bonds is 18. The van der Waals surface area contributed by atoms with Crippen molar-refractivity contribution in [3.63, 3.8) is 0 Å². The fourth-order valence-corrected chi connectivity index (χ4v) is 10.8. The highest BCUT2D eigenvalue weighted by Gasteiger charge is 2.59. The van der Waals surface area contributed by atoms with Gasteiger partial charge in [0.05, 0.1) is 0 Å². The number of amides is 1. The minimum Gasteiger partial charge on any atom is -0.481 e. The lowest BCUT2D eigenvalue weighted by Crippen LogP contribution is -2.51. The van der Waals surface area contributed by atoms with Crippen LogP contribution in [0.2, 0.25) is 0 Å². The Labute approximate surface area is 276 Å². The number of alkyl carbamates (subject to hydrolysis) is 1. The van der Waals surface area contributed by atoms with Crippen molar-refractivity contribution in [1.29, 1.82) is 0 Å². The van der Waals surface area contributed by atoms with Gasteiger partial charge in [-0.2, -0.15) is 0 Å². The molecule has 8 atom stereocenters. The van der Waals surface area contributed by atoms with E-state index in [1.807, 2.05) is 0 Å². The average molecular weight is 628 g/mol. The van der Waals surface area contributed by atoms with Gasteiger partial charge in [0.1, 0.15) is 6.10 Å². The van der Waals surface area contributed by atoms with Crippen LogP contribution >= 0.6 is 0 Å². The summed E-state index contributed by atoms with van der Waals surface area (Å²) in [4.78, 5) is 23.2. The van der Waals surface area contributed by atoms with Crippen molar-refractivity contribution in [2.45, 2.75) is 176 Å². The Hall–Kier alpha value is -1.52. The molecule has 0 bridgehead atoms. The Kier molecular flexibility index (Phi) is 13.8. The first-order valence-electron chi connectivity index (χ1n) is 19.4. The van der Waals surface area contributed by atoms with Crippen LogP contribution in [-0.2, 0) is 9.53 Å². The molecule has 0 radical (unpaired) electrons.